The zero-order valence-corrected chi connectivity index (χ0v) is 72.5. The van der Waals surface area contributed by atoms with Crippen LogP contribution in [0.1, 0.15) is 240 Å². The number of aliphatic hydroxyl groups excluding tert-OH is 19. The van der Waals surface area contributed by atoms with Crippen LogP contribution in [0.5, 0.6) is 0 Å². The van der Waals surface area contributed by atoms with Crippen molar-refractivity contribution in [2.45, 2.75) is 441 Å². The first kappa shape index (κ1) is 109. The van der Waals surface area contributed by atoms with Gasteiger partial charge in [0.15, 0.2) is 31.5 Å². The zero-order valence-electron chi connectivity index (χ0n) is 72.5. The molecule has 3 amide bonds. The van der Waals surface area contributed by atoms with Crippen molar-refractivity contribution in [2.75, 3.05) is 46.2 Å². The van der Waals surface area contributed by atoms with Crippen LogP contribution in [0.15, 0.2) is 24.3 Å². The van der Waals surface area contributed by atoms with E-state index in [2.05, 4.69) is 41.9 Å². The number of carbonyl (C=O) groups excluding carboxylic acids is 3. The molecule has 23 N–H and O–H groups in total. The van der Waals surface area contributed by atoms with Crippen LogP contribution in [0.2, 0.25) is 0 Å². The van der Waals surface area contributed by atoms with E-state index >= 15 is 0 Å². The van der Waals surface area contributed by atoms with Gasteiger partial charge in [0.25, 0.3) is 5.79 Å². The Morgan fingerprint density at radius 3 is 1.42 bits per heavy atom. The first-order chi connectivity index (χ1) is 59.5. The van der Waals surface area contributed by atoms with Crippen molar-refractivity contribution in [3.8, 4) is 0 Å². The maximum absolute atomic E-state index is 14.0. The Morgan fingerprint density at radius 2 is 0.895 bits per heavy atom. The van der Waals surface area contributed by atoms with E-state index in [0.29, 0.717) is 12.8 Å². The van der Waals surface area contributed by atoms with E-state index in [0.717, 1.165) is 84.0 Å². The van der Waals surface area contributed by atoms with Crippen molar-refractivity contribution >= 4 is 23.7 Å². The van der Waals surface area contributed by atoms with Crippen LogP contribution in [0, 0.1) is 0 Å². The Balaban J connectivity index is 1.23. The monoisotopic (exact) mass is 1790 g/mol. The van der Waals surface area contributed by atoms with Crippen molar-refractivity contribution in [2.24, 2.45) is 0 Å². The lowest BCUT2D eigenvalue weighted by molar-refractivity contribution is -0.405. The molecule has 0 saturated carbocycles. The predicted molar refractivity (Wildman–Crippen MR) is 439 cm³/mol. The minimum absolute atomic E-state index is 0.107. The number of allylic oxidation sites excluding steroid dienone is 3. The molecule has 6 heterocycles. The number of rotatable bonds is 60. The second kappa shape index (κ2) is 58.1. The van der Waals surface area contributed by atoms with Crippen LogP contribution in [0.25, 0.3) is 0 Å². The number of carboxylic acid groups (broad SMARTS) is 1. The average Bonchev–Trinajstić information content (AvgIpc) is 0.747. The van der Waals surface area contributed by atoms with Gasteiger partial charge in [0, 0.05) is 19.8 Å². The third-order valence-corrected chi connectivity index (χ3v) is 23.9. The molecule has 0 aromatic heterocycles. The number of carbonyl (C=O) groups is 4. The standard InChI is InChI=1S/C85H151N3O36/c1-5-7-9-11-13-15-17-19-20-21-22-23-24-25-26-28-30-32-34-36-38-40-59(99)87-51(52(96)39-37-35-33-31-29-27-18-16-14-12-10-8-6-2)48-113-80-71(109)69(107)73(57(45-92)117-80)119-82-72(110)77(124-85(84(111)112)41-53(97)61(88-60(100)47-94)76(123-85)64(102)54(98)42-89)74(58(46-93)118-82)120-79-62(86-50(4)95)75(66(104)56(44-91)115-79)121-83-78(68(106)65(103)55(43-90)116-83)122-81-70(108)67(105)63(101)49(3)114-81/h19-20,37,39,49,51-58,61-83,89-94,96-98,101-110H,5-18,21-36,38,40-48H2,1-4H3,(H,86,95)(H,87,99)(H,88,100)(H,111,112)/b20-19-,39-37+/t49?,51-,52+,53?,54+,55?,56?,57?,58?,61+,62?,63+,64+,65-,66-,67?,68-,69+,70-,71?,72?,73+,74-,75+,76?,77+,78?,79-,80+,81+,82-,83-,85-/m0/s1. The molecule has 0 aromatic carbocycles. The topological polar surface area (TPSA) is 620 Å². The summed E-state index contributed by atoms with van der Waals surface area (Å²) in [6, 6.07) is -5.17. The molecule has 722 valence electrons. The number of aliphatic hydroxyl groups is 19. The average molecular weight is 1790 g/mol. The summed E-state index contributed by atoms with van der Waals surface area (Å²) < 4.78 is 72.6. The highest BCUT2D eigenvalue weighted by Crippen LogP contribution is 2.42. The molecular weight excluding hydrogens is 1640 g/mol. The predicted octanol–water partition coefficient (Wildman–Crippen LogP) is -1.10. The zero-order chi connectivity index (χ0) is 91.0. The summed E-state index contributed by atoms with van der Waals surface area (Å²) >= 11 is 0. The number of unbranched alkanes of at least 4 members (excludes halogenated alkanes) is 28. The molecule has 6 aliphatic heterocycles. The molecule has 39 nitrogen and oxygen atoms in total. The lowest BCUT2D eigenvalue weighted by Gasteiger charge is -2.53. The van der Waals surface area contributed by atoms with E-state index in [-0.39, 0.29) is 6.42 Å². The molecule has 6 fully saturated rings. The number of aliphatic carboxylic acids is 1. The Morgan fingerprint density at radius 1 is 0.444 bits per heavy atom. The lowest BCUT2D eigenvalue weighted by Crippen LogP contribution is -2.72. The third-order valence-electron chi connectivity index (χ3n) is 23.9. The van der Waals surface area contributed by atoms with Gasteiger partial charge >= 0.3 is 5.97 Å². The highest BCUT2D eigenvalue weighted by Gasteiger charge is 2.63. The summed E-state index contributed by atoms with van der Waals surface area (Å²) in [6.07, 6.45) is -19.2. The number of hydrogen-bond acceptors (Lipinski definition) is 35. The highest BCUT2D eigenvalue weighted by atomic mass is 16.8. The van der Waals surface area contributed by atoms with Gasteiger partial charge in [-0.25, -0.2) is 4.79 Å². The summed E-state index contributed by atoms with van der Waals surface area (Å²) in [5.74, 6) is -8.38. The molecule has 33 atom stereocenters. The molecule has 0 radical (unpaired) electrons. The van der Waals surface area contributed by atoms with Gasteiger partial charge in [-0.05, 0) is 51.9 Å². The van der Waals surface area contributed by atoms with Crippen LogP contribution in [0.3, 0.4) is 0 Å². The highest BCUT2D eigenvalue weighted by molar-refractivity contribution is 5.78. The fourth-order valence-electron chi connectivity index (χ4n) is 16.5. The molecule has 0 bridgehead atoms. The lowest BCUT2D eigenvalue weighted by atomic mass is 9.88. The van der Waals surface area contributed by atoms with Crippen LogP contribution in [-0.2, 0) is 76.0 Å². The Kier molecular flexibility index (Phi) is 51.0. The van der Waals surface area contributed by atoms with Crippen molar-refractivity contribution in [1.82, 2.24) is 16.0 Å². The van der Waals surface area contributed by atoms with Crippen LogP contribution in [-0.4, -0.2) is 374 Å². The third kappa shape index (κ3) is 33.4. The minimum Gasteiger partial charge on any atom is -0.477 e. The van der Waals surface area contributed by atoms with E-state index in [1.807, 2.05) is 0 Å². The Hall–Kier alpha value is -3.88. The molecular formula is C85H151N3O36. The van der Waals surface area contributed by atoms with Gasteiger partial charge < -0.3 is 175 Å². The molecule has 0 spiro atoms. The van der Waals surface area contributed by atoms with Gasteiger partial charge in [-0.2, -0.15) is 0 Å². The summed E-state index contributed by atoms with van der Waals surface area (Å²) in [5, 5.41) is 231. The smallest absolute Gasteiger partial charge is 0.364 e. The first-order valence-corrected chi connectivity index (χ1v) is 45.3. The number of ether oxygens (including phenoxy) is 12. The molecule has 0 aromatic rings. The number of amides is 3. The van der Waals surface area contributed by atoms with E-state index in [1.165, 1.54) is 122 Å². The largest absolute Gasteiger partial charge is 0.477 e. The van der Waals surface area contributed by atoms with E-state index in [4.69, 9.17) is 56.8 Å². The summed E-state index contributed by atoms with van der Waals surface area (Å²) in [4.78, 5) is 53.9. The number of nitrogens with one attached hydrogen (secondary N) is 3. The van der Waals surface area contributed by atoms with Crippen LogP contribution >= 0.6 is 0 Å². The molecule has 6 saturated heterocycles. The normalized spacial score (nSPS) is 35.3. The van der Waals surface area contributed by atoms with E-state index in [1.54, 1.807) is 6.08 Å². The van der Waals surface area contributed by atoms with Gasteiger partial charge in [-0.15, -0.1) is 0 Å². The maximum atomic E-state index is 14.0. The fraction of sp³-hybridized carbons (Fsp3) is 0.906. The quantitative estimate of drug-likeness (QED) is 0.0254. The second-order valence-electron chi connectivity index (χ2n) is 33.8. The minimum atomic E-state index is -3.50. The van der Waals surface area contributed by atoms with Crippen molar-refractivity contribution in [3.63, 3.8) is 0 Å². The maximum Gasteiger partial charge on any atom is 0.364 e. The van der Waals surface area contributed by atoms with Gasteiger partial charge in [-0.1, -0.05) is 192 Å². The number of hydrogen-bond donors (Lipinski definition) is 23. The van der Waals surface area contributed by atoms with E-state index < -0.39 is 278 Å². The molecule has 0 aliphatic carbocycles. The summed E-state index contributed by atoms with van der Waals surface area (Å²) in [6.45, 7) is -1.09. The summed E-state index contributed by atoms with van der Waals surface area (Å²) in [7, 11) is 0. The van der Waals surface area contributed by atoms with Crippen LogP contribution in [0.4, 0.5) is 0 Å². The van der Waals surface area contributed by atoms with E-state index in [9.17, 15) is 121 Å². The second-order valence-corrected chi connectivity index (χ2v) is 33.8. The van der Waals surface area contributed by atoms with Gasteiger partial charge in [0.1, 0.15) is 141 Å². The molecule has 6 aliphatic rings. The van der Waals surface area contributed by atoms with Gasteiger partial charge in [-0.3, -0.25) is 14.4 Å². The molecule has 6 rings (SSSR count). The van der Waals surface area contributed by atoms with Gasteiger partial charge in [0.05, 0.1) is 70.0 Å². The first-order valence-electron chi connectivity index (χ1n) is 45.3. The van der Waals surface area contributed by atoms with Gasteiger partial charge in [0.2, 0.25) is 17.7 Å². The SMILES string of the molecule is CCCCCCCC/C=C\CCCCCCCCCCCCCC(=O)N[C@@H](CO[C@@H]1OC(CO)[C@@H](O[C@@H]2OC(CO)[C@H](O[C@@H]3OC(CO)[C@H](O)[C@H](O[C@@H]4OC(CO)[C@H](O)[C@H](O)C4O[C@H]4OC(C)[C@@H](O)C(O)[C@@H]4O)C3NC(C)=O)[C@H](O[C@]3(C(=O)O)CC(O)[C@@H](NC(=O)CO)C([C@H](O)[C@H](O)CO)O3)C2O)[C@H](O)C1O)[C@H](O)/C=C/CCCCCCCCCCCCC. The number of carboxylic acids is 1. The molecule has 12 unspecified atom stereocenters. The molecule has 39 heteroatoms. The van der Waals surface area contributed by atoms with Crippen molar-refractivity contribution in [1.29, 1.82) is 0 Å². The van der Waals surface area contributed by atoms with Crippen molar-refractivity contribution in [3.05, 3.63) is 24.3 Å². The summed E-state index contributed by atoms with van der Waals surface area (Å²) in [5.41, 5.74) is 0. The Bertz CT molecular complexity index is 3000. The van der Waals surface area contributed by atoms with Crippen molar-refractivity contribution < 1.29 is 178 Å². The Labute approximate surface area is 727 Å². The van der Waals surface area contributed by atoms with Crippen LogP contribution < -0.4 is 16.0 Å². The molecule has 124 heavy (non-hydrogen) atoms. The fourth-order valence-corrected chi connectivity index (χ4v) is 16.5.